The third-order valence-corrected chi connectivity index (χ3v) is 7.12. The van der Waals surface area contributed by atoms with Crippen molar-refractivity contribution in [2.75, 3.05) is 12.4 Å². The van der Waals surface area contributed by atoms with Gasteiger partial charge in [-0.1, -0.05) is 36.0 Å². The van der Waals surface area contributed by atoms with Gasteiger partial charge in [-0.3, -0.25) is 19.9 Å². The molecule has 1 saturated carbocycles. The third kappa shape index (κ3) is 3.75. The van der Waals surface area contributed by atoms with Gasteiger partial charge in [-0.05, 0) is 31.9 Å². The number of anilines is 1. The van der Waals surface area contributed by atoms with Gasteiger partial charge < -0.3 is 9.64 Å². The molecule has 0 saturated heterocycles. The highest BCUT2D eigenvalue weighted by molar-refractivity contribution is 7.16. The van der Waals surface area contributed by atoms with Gasteiger partial charge in [0.1, 0.15) is 5.75 Å². The van der Waals surface area contributed by atoms with Gasteiger partial charge in [0, 0.05) is 28.9 Å². The van der Waals surface area contributed by atoms with Gasteiger partial charge in [0.25, 0.3) is 5.91 Å². The quantitative estimate of drug-likeness (QED) is 0.625. The van der Waals surface area contributed by atoms with Crippen LogP contribution in [-0.4, -0.2) is 33.8 Å². The van der Waals surface area contributed by atoms with Crippen molar-refractivity contribution in [1.29, 1.82) is 0 Å². The van der Waals surface area contributed by atoms with Crippen molar-refractivity contribution in [3.8, 4) is 16.9 Å². The number of aromatic nitrogens is 2. The molecule has 3 aromatic rings. The molecule has 8 heteroatoms. The van der Waals surface area contributed by atoms with Gasteiger partial charge in [-0.25, -0.2) is 4.98 Å². The Labute approximate surface area is 190 Å². The number of ether oxygens (including phenoxy) is 1. The highest BCUT2D eigenvalue weighted by Gasteiger charge is 2.34. The molecule has 164 valence electrons. The molecule has 0 unspecified atom stereocenters. The standard InChI is InChI=1S/C24H24N4O3S/c1-14-10-17(16-8-3-4-9-20(16)31-2)18(11-25-14)22(29)27-24-26-19-12-28(13-21(19)32-24)23(30)15-6-5-7-15/h3-4,8-11,15H,5-7,12-13H2,1-2H3,(H,26,27,29). The van der Waals surface area contributed by atoms with Crippen molar-refractivity contribution in [3.63, 3.8) is 0 Å². The zero-order chi connectivity index (χ0) is 22.2. The number of hydrogen-bond donors (Lipinski definition) is 1. The summed E-state index contributed by atoms with van der Waals surface area (Å²) in [7, 11) is 1.61. The molecule has 1 fully saturated rings. The number of aryl methyl sites for hydroxylation is 1. The summed E-state index contributed by atoms with van der Waals surface area (Å²) >= 11 is 1.43. The van der Waals surface area contributed by atoms with Crippen LogP contribution in [0.25, 0.3) is 11.1 Å². The Kier molecular flexibility index (Phi) is 5.38. The number of nitrogens with one attached hydrogen (secondary N) is 1. The summed E-state index contributed by atoms with van der Waals surface area (Å²) in [5.41, 5.74) is 3.74. The molecular formula is C24H24N4O3S. The summed E-state index contributed by atoms with van der Waals surface area (Å²) in [5.74, 6) is 0.842. The van der Waals surface area contributed by atoms with E-state index in [4.69, 9.17) is 4.74 Å². The van der Waals surface area contributed by atoms with E-state index in [1.165, 1.54) is 11.3 Å². The Morgan fingerprint density at radius 2 is 2.00 bits per heavy atom. The lowest BCUT2D eigenvalue weighted by Crippen LogP contribution is -2.35. The fraction of sp³-hybridized carbons (Fsp3) is 0.333. The number of carbonyl (C=O) groups excluding carboxylic acids is 2. The highest BCUT2D eigenvalue weighted by atomic mass is 32.1. The smallest absolute Gasteiger partial charge is 0.259 e. The first-order valence-corrected chi connectivity index (χ1v) is 11.5. The van der Waals surface area contributed by atoms with Gasteiger partial charge >= 0.3 is 0 Å². The van der Waals surface area contributed by atoms with E-state index in [1.807, 2.05) is 42.2 Å². The Morgan fingerprint density at radius 1 is 1.19 bits per heavy atom. The number of nitrogens with zero attached hydrogens (tertiary/aromatic N) is 3. The number of hydrogen-bond acceptors (Lipinski definition) is 6. The van der Waals surface area contributed by atoms with Crippen molar-refractivity contribution >= 4 is 28.3 Å². The predicted octanol–water partition coefficient (Wildman–Crippen LogP) is 4.42. The number of carbonyl (C=O) groups is 2. The molecular weight excluding hydrogens is 424 g/mol. The second-order valence-electron chi connectivity index (χ2n) is 8.24. The Bertz CT molecular complexity index is 1180. The van der Waals surface area contributed by atoms with Crippen molar-refractivity contribution < 1.29 is 14.3 Å². The van der Waals surface area contributed by atoms with E-state index < -0.39 is 0 Å². The lowest BCUT2D eigenvalue weighted by atomic mass is 9.84. The maximum absolute atomic E-state index is 13.2. The molecule has 3 heterocycles. The van der Waals surface area contributed by atoms with Crippen LogP contribution in [0.4, 0.5) is 5.13 Å². The first-order valence-electron chi connectivity index (χ1n) is 10.7. The van der Waals surface area contributed by atoms with Crippen LogP contribution in [0.2, 0.25) is 0 Å². The largest absolute Gasteiger partial charge is 0.496 e. The number of thiazole rings is 1. The summed E-state index contributed by atoms with van der Waals surface area (Å²) in [6, 6.07) is 9.49. The zero-order valence-corrected chi connectivity index (χ0v) is 18.9. The Balaban J connectivity index is 1.35. The van der Waals surface area contributed by atoms with Crippen LogP contribution in [0.1, 0.15) is 45.9 Å². The molecule has 0 atom stereocenters. The fourth-order valence-electron chi connectivity index (χ4n) is 4.16. The first kappa shape index (κ1) is 20.6. The van der Waals surface area contributed by atoms with Gasteiger partial charge in [0.05, 0.1) is 36.3 Å². The minimum absolute atomic E-state index is 0.186. The average molecular weight is 449 g/mol. The van der Waals surface area contributed by atoms with Crippen LogP contribution in [0.3, 0.4) is 0 Å². The second-order valence-corrected chi connectivity index (χ2v) is 9.32. The topological polar surface area (TPSA) is 84.4 Å². The maximum atomic E-state index is 13.2. The molecule has 5 rings (SSSR count). The summed E-state index contributed by atoms with van der Waals surface area (Å²) < 4.78 is 5.50. The molecule has 2 aliphatic rings. The summed E-state index contributed by atoms with van der Waals surface area (Å²) in [6.07, 6.45) is 4.73. The van der Waals surface area contributed by atoms with E-state index in [0.29, 0.717) is 29.5 Å². The highest BCUT2D eigenvalue weighted by Crippen LogP contribution is 2.36. The van der Waals surface area contributed by atoms with Gasteiger partial charge in [0.2, 0.25) is 5.91 Å². The molecule has 1 aliphatic heterocycles. The Morgan fingerprint density at radius 3 is 2.72 bits per heavy atom. The van der Waals surface area contributed by atoms with E-state index in [9.17, 15) is 9.59 Å². The van der Waals surface area contributed by atoms with Gasteiger partial charge in [-0.2, -0.15) is 0 Å². The van der Waals surface area contributed by atoms with E-state index in [2.05, 4.69) is 15.3 Å². The lowest BCUT2D eigenvalue weighted by molar-refractivity contribution is -0.138. The monoisotopic (exact) mass is 448 g/mol. The molecule has 1 aliphatic carbocycles. The second kappa shape index (κ2) is 8.35. The van der Waals surface area contributed by atoms with Crippen LogP contribution in [0, 0.1) is 12.8 Å². The van der Waals surface area contributed by atoms with Crippen LogP contribution >= 0.6 is 11.3 Å². The number of rotatable bonds is 5. The molecule has 32 heavy (non-hydrogen) atoms. The van der Waals surface area contributed by atoms with Crippen molar-refractivity contribution in [2.24, 2.45) is 5.92 Å². The van der Waals surface area contributed by atoms with E-state index in [1.54, 1.807) is 13.3 Å². The molecule has 0 spiro atoms. The van der Waals surface area contributed by atoms with Crippen LogP contribution in [0.15, 0.2) is 36.5 Å². The number of pyridine rings is 1. The van der Waals surface area contributed by atoms with Crippen LogP contribution < -0.4 is 10.1 Å². The number of fused-ring (bicyclic) bond motifs is 1. The van der Waals surface area contributed by atoms with Crippen molar-refractivity contribution in [2.45, 2.75) is 39.3 Å². The van der Waals surface area contributed by atoms with E-state index in [-0.39, 0.29) is 17.7 Å². The number of amides is 2. The summed E-state index contributed by atoms with van der Waals surface area (Å²) in [6.45, 7) is 3.00. The van der Waals surface area contributed by atoms with Crippen LogP contribution in [0.5, 0.6) is 5.75 Å². The minimum Gasteiger partial charge on any atom is -0.496 e. The third-order valence-electron chi connectivity index (χ3n) is 6.12. The molecule has 7 nitrogen and oxygen atoms in total. The SMILES string of the molecule is COc1ccccc1-c1cc(C)ncc1C(=O)Nc1nc2c(s1)CN(C(=O)C1CCC1)C2. The van der Waals surface area contributed by atoms with Crippen molar-refractivity contribution in [3.05, 3.63) is 58.4 Å². The van der Waals surface area contributed by atoms with Gasteiger partial charge in [0.15, 0.2) is 5.13 Å². The summed E-state index contributed by atoms with van der Waals surface area (Å²) in [5, 5.41) is 3.47. The molecule has 0 radical (unpaired) electrons. The molecule has 0 bridgehead atoms. The van der Waals surface area contributed by atoms with Crippen molar-refractivity contribution in [1.82, 2.24) is 14.9 Å². The molecule has 1 aromatic carbocycles. The number of para-hydroxylation sites is 1. The fourth-order valence-corrected chi connectivity index (χ4v) is 5.14. The number of benzene rings is 1. The molecule has 1 N–H and O–H groups in total. The summed E-state index contributed by atoms with van der Waals surface area (Å²) in [4.78, 5) is 37.5. The average Bonchev–Trinajstić information content (AvgIpc) is 3.31. The first-order chi connectivity index (χ1) is 15.5. The molecule has 2 aromatic heterocycles. The molecule has 2 amide bonds. The lowest BCUT2D eigenvalue weighted by Gasteiger charge is -2.28. The van der Waals surface area contributed by atoms with E-state index >= 15 is 0 Å². The minimum atomic E-state index is -0.270. The predicted molar refractivity (Wildman–Crippen MR) is 123 cm³/mol. The van der Waals surface area contributed by atoms with Crippen LogP contribution in [-0.2, 0) is 17.9 Å². The maximum Gasteiger partial charge on any atom is 0.259 e. The zero-order valence-electron chi connectivity index (χ0n) is 18.1. The normalized spacial score (nSPS) is 15.2. The van der Waals surface area contributed by atoms with E-state index in [0.717, 1.165) is 46.7 Å². The number of methoxy groups -OCH3 is 1. The van der Waals surface area contributed by atoms with Gasteiger partial charge in [-0.15, -0.1) is 0 Å². The Hall–Kier alpha value is -3.26.